The van der Waals surface area contributed by atoms with E-state index in [1.165, 1.54) is 38.5 Å². The van der Waals surface area contributed by atoms with E-state index >= 15 is 0 Å². The summed E-state index contributed by atoms with van der Waals surface area (Å²) in [6, 6.07) is 0. The van der Waals surface area contributed by atoms with Gasteiger partial charge in [-0.05, 0) is 69.1 Å². The van der Waals surface area contributed by atoms with Crippen molar-refractivity contribution in [1.29, 1.82) is 0 Å². The fourth-order valence-electron chi connectivity index (χ4n) is 5.31. The largest absolute Gasteiger partial charge is 0.465 e. The lowest BCUT2D eigenvalue weighted by Crippen LogP contribution is -2.48. The summed E-state index contributed by atoms with van der Waals surface area (Å²) in [5, 5.41) is 1.04. The molecule has 4 fully saturated rings. The molecule has 2 nitrogen and oxygen atoms in total. The van der Waals surface area contributed by atoms with Gasteiger partial charge in [-0.2, -0.15) is 0 Å². The minimum Gasteiger partial charge on any atom is -0.465 e. The van der Waals surface area contributed by atoms with Gasteiger partial charge in [-0.15, -0.1) is 0 Å². The zero-order valence-electron chi connectivity index (χ0n) is 12.4. The smallest absolute Gasteiger partial charge is 0.305 e. The van der Waals surface area contributed by atoms with Crippen molar-refractivity contribution in [2.45, 2.75) is 64.2 Å². The second kappa shape index (κ2) is 6.37. The van der Waals surface area contributed by atoms with Crippen molar-refractivity contribution in [3.63, 3.8) is 0 Å². The zero-order chi connectivity index (χ0) is 14.0. The Morgan fingerprint density at radius 1 is 1.00 bits per heavy atom. The van der Waals surface area contributed by atoms with Gasteiger partial charge in [-0.1, -0.05) is 22.4 Å². The molecule has 20 heavy (non-hydrogen) atoms. The molecule has 0 amide bonds. The van der Waals surface area contributed by atoms with Crippen molar-refractivity contribution < 1.29 is 9.53 Å². The molecule has 0 aromatic heterocycles. The minimum absolute atomic E-state index is 0.0373. The highest BCUT2D eigenvalue weighted by Crippen LogP contribution is 2.60. The van der Waals surface area contributed by atoms with Crippen LogP contribution in [-0.2, 0) is 9.53 Å². The lowest BCUT2D eigenvalue weighted by molar-refractivity contribution is -0.155. The van der Waals surface area contributed by atoms with Crippen LogP contribution in [0.15, 0.2) is 0 Å². The Morgan fingerprint density at radius 3 is 2.15 bits per heavy atom. The summed E-state index contributed by atoms with van der Waals surface area (Å²) in [6.45, 7) is 0.716. The number of ether oxygens (including phenoxy) is 1. The number of carbonyl (C=O) groups is 1. The molecule has 114 valence electrons. The third-order valence-electron chi connectivity index (χ3n) is 5.72. The highest BCUT2D eigenvalue weighted by molar-refractivity contribution is 9.09. The first-order valence-electron chi connectivity index (χ1n) is 8.41. The lowest BCUT2D eigenvalue weighted by Gasteiger charge is -2.56. The van der Waals surface area contributed by atoms with Crippen LogP contribution in [0.4, 0.5) is 0 Å². The first-order valence-corrected chi connectivity index (χ1v) is 9.53. The monoisotopic (exact) mass is 342 g/mol. The number of esters is 1. The number of rotatable bonds is 7. The zero-order valence-corrected chi connectivity index (χ0v) is 14.0. The van der Waals surface area contributed by atoms with Gasteiger partial charge in [0, 0.05) is 17.2 Å². The first kappa shape index (κ1) is 14.9. The molecule has 3 heteroatoms. The molecule has 0 heterocycles. The maximum atomic E-state index is 11.9. The molecule has 0 radical (unpaired) electrons. The van der Waals surface area contributed by atoms with E-state index in [0.29, 0.717) is 18.4 Å². The fourth-order valence-corrected chi connectivity index (χ4v) is 5.71. The van der Waals surface area contributed by atoms with Gasteiger partial charge < -0.3 is 4.74 Å². The molecular weight excluding hydrogens is 316 g/mol. The Morgan fingerprint density at radius 2 is 1.60 bits per heavy atom. The average molecular weight is 343 g/mol. The summed E-state index contributed by atoms with van der Waals surface area (Å²) in [4.78, 5) is 11.9. The Hall–Kier alpha value is -0.0500. The Labute approximate surface area is 131 Å². The van der Waals surface area contributed by atoms with Gasteiger partial charge >= 0.3 is 5.97 Å². The molecule has 0 unspecified atom stereocenters. The minimum atomic E-state index is 0.0373. The Kier molecular flexibility index (Phi) is 4.74. The van der Waals surface area contributed by atoms with Gasteiger partial charge in [0.05, 0.1) is 6.61 Å². The Bertz CT molecular complexity index is 318. The molecule has 4 saturated carbocycles. The lowest BCUT2D eigenvalue weighted by atomic mass is 9.50. The summed E-state index contributed by atoms with van der Waals surface area (Å²) in [5.74, 6) is 2.87. The van der Waals surface area contributed by atoms with Gasteiger partial charge in [-0.3, -0.25) is 4.79 Å². The Balaban J connectivity index is 1.43. The van der Waals surface area contributed by atoms with E-state index in [1.807, 2.05) is 0 Å². The van der Waals surface area contributed by atoms with Crippen LogP contribution in [0.1, 0.15) is 64.2 Å². The molecule has 4 aliphatic rings. The number of hydrogen-bond acceptors (Lipinski definition) is 2. The quantitative estimate of drug-likeness (QED) is 0.380. The van der Waals surface area contributed by atoms with Crippen LogP contribution in [0, 0.1) is 23.2 Å². The van der Waals surface area contributed by atoms with E-state index in [0.717, 1.165) is 42.3 Å². The van der Waals surface area contributed by atoms with Crippen molar-refractivity contribution in [2.24, 2.45) is 23.2 Å². The molecule has 0 N–H and O–H groups in total. The molecule has 0 aromatic carbocycles. The van der Waals surface area contributed by atoms with Gasteiger partial charge in [0.15, 0.2) is 0 Å². The van der Waals surface area contributed by atoms with Gasteiger partial charge in [0.25, 0.3) is 0 Å². The number of carbonyl (C=O) groups excluding carboxylic acids is 1. The third kappa shape index (κ3) is 3.40. The number of hydrogen-bond donors (Lipinski definition) is 0. The molecule has 0 atom stereocenters. The van der Waals surface area contributed by atoms with Crippen LogP contribution in [0.2, 0.25) is 0 Å². The summed E-state index contributed by atoms with van der Waals surface area (Å²) < 4.78 is 5.66. The van der Waals surface area contributed by atoms with E-state index < -0.39 is 0 Å². The van der Waals surface area contributed by atoms with Crippen molar-refractivity contribution >= 4 is 21.9 Å². The molecule has 4 rings (SSSR count). The van der Waals surface area contributed by atoms with Crippen LogP contribution in [0.25, 0.3) is 0 Å². The van der Waals surface area contributed by atoms with Crippen LogP contribution in [0.3, 0.4) is 0 Å². The maximum absolute atomic E-state index is 11.9. The number of halogens is 1. The van der Waals surface area contributed by atoms with Crippen molar-refractivity contribution in [1.82, 2.24) is 0 Å². The highest BCUT2D eigenvalue weighted by atomic mass is 79.9. The van der Waals surface area contributed by atoms with Crippen molar-refractivity contribution in [3.8, 4) is 0 Å². The molecule has 0 aliphatic heterocycles. The maximum Gasteiger partial charge on any atom is 0.305 e. The predicted molar refractivity (Wildman–Crippen MR) is 83.8 cm³/mol. The summed E-state index contributed by atoms with van der Waals surface area (Å²) in [5.41, 5.74) is 0.375. The SMILES string of the molecule is O=C(CCCCCBr)OCC12CC3CC(CC(C3)C1)C2. The fraction of sp³-hybridized carbons (Fsp3) is 0.941. The van der Waals surface area contributed by atoms with Crippen LogP contribution < -0.4 is 0 Å². The summed E-state index contributed by atoms with van der Waals surface area (Å²) in [7, 11) is 0. The second-order valence-corrected chi connectivity index (χ2v) is 8.37. The van der Waals surface area contributed by atoms with Gasteiger partial charge in [0.2, 0.25) is 0 Å². The van der Waals surface area contributed by atoms with E-state index in [2.05, 4.69) is 15.9 Å². The number of unbranched alkanes of at least 4 members (excludes halogenated alkanes) is 2. The molecule has 4 aliphatic carbocycles. The van der Waals surface area contributed by atoms with Crippen molar-refractivity contribution in [3.05, 3.63) is 0 Å². The van der Waals surface area contributed by atoms with E-state index in [4.69, 9.17) is 4.74 Å². The number of alkyl halides is 1. The predicted octanol–water partition coefficient (Wildman–Crippen LogP) is 4.70. The molecule has 0 aromatic rings. The van der Waals surface area contributed by atoms with Crippen molar-refractivity contribution in [2.75, 3.05) is 11.9 Å². The standard InChI is InChI=1S/C17H27BrO2/c18-5-3-1-2-4-16(19)20-12-17-9-13-6-14(10-17)8-15(7-13)11-17/h13-15H,1-12H2. The normalized spacial score (nSPS) is 38.1. The van der Waals surface area contributed by atoms with Crippen LogP contribution in [0.5, 0.6) is 0 Å². The topological polar surface area (TPSA) is 26.3 Å². The molecule has 4 bridgehead atoms. The van der Waals surface area contributed by atoms with E-state index in [1.54, 1.807) is 0 Å². The average Bonchev–Trinajstić information content (AvgIpc) is 2.40. The van der Waals surface area contributed by atoms with E-state index in [-0.39, 0.29) is 5.97 Å². The third-order valence-corrected chi connectivity index (χ3v) is 6.28. The summed E-state index contributed by atoms with van der Waals surface area (Å²) in [6.07, 6.45) is 12.2. The second-order valence-electron chi connectivity index (χ2n) is 7.58. The van der Waals surface area contributed by atoms with Gasteiger partial charge in [0.1, 0.15) is 0 Å². The van der Waals surface area contributed by atoms with Crippen LogP contribution >= 0.6 is 15.9 Å². The van der Waals surface area contributed by atoms with Crippen LogP contribution in [-0.4, -0.2) is 17.9 Å². The van der Waals surface area contributed by atoms with E-state index in [9.17, 15) is 4.79 Å². The highest BCUT2D eigenvalue weighted by Gasteiger charge is 2.51. The van der Waals surface area contributed by atoms with Gasteiger partial charge in [-0.25, -0.2) is 0 Å². The molecular formula is C17H27BrO2. The first-order chi connectivity index (χ1) is 9.69. The summed E-state index contributed by atoms with van der Waals surface area (Å²) >= 11 is 3.42. The molecule has 0 saturated heterocycles. The molecule has 0 spiro atoms.